The monoisotopic (exact) mass is 470 g/mol. The molecule has 0 aliphatic carbocycles. The van der Waals surface area contributed by atoms with E-state index in [1.807, 2.05) is 54.9 Å². The lowest BCUT2D eigenvalue weighted by atomic mass is 10.1. The highest BCUT2D eigenvalue weighted by atomic mass is 16.5. The number of benzene rings is 1. The maximum Gasteiger partial charge on any atom is 0.259 e. The van der Waals surface area contributed by atoms with Crippen molar-refractivity contribution in [2.45, 2.75) is 40.2 Å². The lowest BCUT2D eigenvalue weighted by Crippen LogP contribution is -2.19. The first-order valence-electron chi connectivity index (χ1n) is 11.4. The highest BCUT2D eigenvalue weighted by Crippen LogP contribution is 2.35. The number of nitrogens with one attached hydrogen (secondary N) is 1. The molecule has 0 saturated heterocycles. The Morgan fingerprint density at radius 1 is 1.09 bits per heavy atom. The van der Waals surface area contributed by atoms with Crippen molar-refractivity contribution in [3.63, 3.8) is 0 Å². The van der Waals surface area contributed by atoms with Crippen LogP contribution in [0.4, 0.5) is 0 Å². The van der Waals surface area contributed by atoms with Crippen LogP contribution in [-0.4, -0.2) is 37.9 Å². The predicted molar refractivity (Wildman–Crippen MR) is 132 cm³/mol. The number of carbonyl (C=O) groups excluding carboxylic acids is 1. The Kier molecular flexibility index (Phi) is 5.68. The summed E-state index contributed by atoms with van der Waals surface area (Å²) in [5.41, 5.74) is 4.86. The predicted octanol–water partition coefficient (Wildman–Crippen LogP) is 4.89. The Bertz CT molecular complexity index is 1520. The first-order valence-corrected chi connectivity index (χ1v) is 11.4. The van der Waals surface area contributed by atoms with Gasteiger partial charge in [-0.1, -0.05) is 29.4 Å². The van der Waals surface area contributed by atoms with E-state index < -0.39 is 0 Å². The van der Waals surface area contributed by atoms with Crippen molar-refractivity contribution in [3.05, 3.63) is 59.7 Å². The fourth-order valence-corrected chi connectivity index (χ4v) is 4.09. The smallest absolute Gasteiger partial charge is 0.259 e. The molecule has 0 unspecified atom stereocenters. The van der Waals surface area contributed by atoms with Gasteiger partial charge in [-0.3, -0.25) is 4.79 Å². The van der Waals surface area contributed by atoms with Crippen molar-refractivity contribution in [2.24, 2.45) is 0 Å². The van der Waals surface area contributed by atoms with E-state index in [0.29, 0.717) is 18.1 Å². The molecule has 4 heterocycles. The molecule has 178 valence electrons. The van der Waals surface area contributed by atoms with Gasteiger partial charge in [0.05, 0.1) is 29.3 Å². The molecule has 1 aromatic carbocycles. The van der Waals surface area contributed by atoms with Crippen LogP contribution < -0.4 is 5.32 Å². The molecule has 0 atom stereocenters. The second kappa shape index (κ2) is 8.83. The molecule has 1 amide bonds. The molecule has 9 heteroatoms. The quantitative estimate of drug-likeness (QED) is 0.376. The van der Waals surface area contributed by atoms with Crippen molar-refractivity contribution < 1.29 is 13.7 Å². The van der Waals surface area contributed by atoms with Crippen molar-refractivity contribution in [3.8, 4) is 34.1 Å². The summed E-state index contributed by atoms with van der Waals surface area (Å²) in [7, 11) is 1.62. The molecule has 1 N–H and O–H groups in total. The van der Waals surface area contributed by atoms with Gasteiger partial charge in [-0.15, -0.1) is 0 Å². The Labute approximate surface area is 202 Å². The van der Waals surface area contributed by atoms with E-state index in [-0.39, 0.29) is 11.9 Å². The van der Waals surface area contributed by atoms with Crippen LogP contribution in [0.15, 0.2) is 51.5 Å². The normalized spacial score (nSPS) is 11.5. The molecule has 0 fully saturated rings. The summed E-state index contributed by atoms with van der Waals surface area (Å²) in [6.45, 7) is 7.96. The SMILES string of the molecule is CNC(=O)Cc1ccc(-c2noc(-c3cc(-c4cc(C)oc4C)nc4c3cnn4C(C)C)n2)cc1. The Hall–Kier alpha value is -4.27. The van der Waals surface area contributed by atoms with Gasteiger partial charge in [-0.2, -0.15) is 10.1 Å². The largest absolute Gasteiger partial charge is 0.466 e. The lowest BCUT2D eigenvalue weighted by Gasteiger charge is -2.09. The second-order valence-corrected chi connectivity index (χ2v) is 8.77. The summed E-state index contributed by atoms with van der Waals surface area (Å²) in [6, 6.07) is 11.6. The van der Waals surface area contributed by atoms with Crippen molar-refractivity contribution >= 4 is 16.9 Å². The minimum absolute atomic E-state index is 0.0397. The average Bonchev–Trinajstić information content (AvgIpc) is 3.57. The van der Waals surface area contributed by atoms with Crippen LogP contribution in [0.5, 0.6) is 0 Å². The number of hydrogen-bond acceptors (Lipinski definition) is 7. The first-order chi connectivity index (χ1) is 16.8. The third-order valence-corrected chi connectivity index (χ3v) is 5.88. The number of rotatable bonds is 6. The topological polar surface area (TPSA) is 112 Å². The third kappa shape index (κ3) is 4.21. The zero-order valence-electron chi connectivity index (χ0n) is 20.3. The number of likely N-dealkylation sites (N-methyl/N-ethyl adjacent to an activating group) is 1. The number of pyridine rings is 1. The minimum atomic E-state index is -0.0397. The molecule has 0 saturated carbocycles. The number of carbonyl (C=O) groups is 1. The number of fused-ring (bicyclic) bond motifs is 1. The molecule has 4 aromatic heterocycles. The van der Waals surface area contributed by atoms with Crippen molar-refractivity contribution in [1.82, 2.24) is 30.2 Å². The van der Waals surface area contributed by atoms with Crippen molar-refractivity contribution in [2.75, 3.05) is 7.05 Å². The zero-order valence-corrected chi connectivity index (χ0v) is 20.3. The Morgan fingerprint density at radius 2 is 1.86 bits per heavy atom. The molecular formula is C26H26N6O3. The summed E-state index contributed by atoms with van der Waals surface area (Å²) in [6.07, 6.45) is 2.10. The van der Waals surface area contributed by atoms with Crippen LogP contribution in [0.25, 0.3) is 45.1 Å². The van der Waals surface area contributed by atoms with Gasteiger partial charge in [-0.25, -0.2) is 9.67 Å². The van der Waals surface area contributed by atoms with Gasteiger partial charge < -0.3 is 14.3 Å². The molecule has 0 spiro atoms. The molecule has 0 aliphatic rings. The van der Waals surface area contributed by atoms with Gasteiger partial charge in [0.2, 0.25) is 11.7 Å². The highest BCUT2D eigenvalue weighted by molar-refractivity contribution is 5.93. The Morgan fingerprint density at radius 3 is 2.51 bits per heavy atom. The van der Waals surface area contributed by atoms with Gasteiger partial charge in [0.1, 0.15) is 11.5 Å². The summed E-state index contributed by atoms with van der Waals surface area (Å²) >= 11 is 0. The van der Waals surface area contributed by atoms with Gasteiger partial charge in [0.15, 0.2) is 5.65 Å². The summed E-state index contributed by atoms with van der Waals surface area (Å²) in [4.78, 5) is 21.2. The van der Waals surface area contributed by atoms with Crippen LogP contribution in [0.1, 0.15) is 37.0 Å². The number of aromatic nitrogens is 5. The number of amides is 1. The maximum absolute atomic E-state index is 11.6. The number of hydrogen-bond donors (Lipinski definition) is 1. The van der Waals surface area contributed by atoms with Gasteiger partial charge in [0, 0.05) is 24.2 Å². The molecule has 35 heavy (non-hydrogen) atoms. The average molecular weight is 471 g/mol. The fraction of sp³-hybridized carbons (Fsp3) is 0.269. The molecule has 9 nitrogen and oxygen atoms in total. The van der Waals surface area contributed by atoms with Crippen LogP contribution >= 0.6 is 0 Å². The number of aryl methyl sites for hydroxylation is 2. The fourth-order valence-electron chi connectivity index (χ4n) is 4.09. The van der Waals surface area contributed by atoms with Gasteiger partial charge in [-0.05, 0) is 45.4 Å². The van der Waals surface area contributed by atoms with E-state index in [2.05, 4.69) is 34.4 Å². The second-order valence-electron chi connectivity index (χ2n) is 8.77. The first kappa shape index (κ1) is 22.5. The molecule has 0 bridgehead atoms. The van der Waals surface area contributed by atoms with Crippen molar-refractivity contribution in [1.29, 1.82) is 0 Å². The van der Waals surface area contributed by atoms with E-state index in [9.17, 15) is 4.79 Å². The molecule has 0 aliphatic heterocycles. The van der Waals surface area contributed by atoms with Crippen LogP contribution in [0.2, 0.25) is 0 Å². The van der Waals surface area contributed by atoms with Crippen LogP contribution in [0.3, 0.4) is 0 Å². The van der Waals surface area contributed by atoms with Gasteiger partial charge in [0.25, 0.3) is 5.89 Å². The standard InChI is InChI=1S/C26H26N6O3/c1-14(2)32-25-21(13-28-32)20(12-22(29-25)19-10-15(3)34-16(19)4)26-30-24(31-35-26)18-8-6-17(7-9-18)11-23(33)27-5/h6-10,12-14H,11H2,1-5H3,(H,27,33). The highest BCUT2D eigenvalue weighted by Gasteiger charge is 2.21. The Balaban J connectivity index is 1.58. The van der Waals surface area contributed by atoms with E-state index in [1.54, 1.807) is 13.2 Å². The lowest BCUT2D eigenvalue weighted by molar-refractivity contribution is -0.119. The van der Waals surface area contributed by atoms with E-state index in [0.717, 1.165) is 50.5 Å². The molecular weight excluding hydrogens is 444 g/mol. The maximum atomic E-state index is 11.6. The minimum Gasteiger partial charge on any atom is -0.466 e. The van der Waals surface area contributed by atoms with Crippen LogP contribution in [-0.2, 0) is 11.2 Å². The molecule has 5 rings (SSSR count). The summed E-state index contributed by atoms with van der Waals surface area (Å²) < 4.78 is 13.3. The summed E-state index contributed by atoms with van der Waals surface area (Å²) in [5, 5.41) is 12.2. The number of nitrogens with zero attached hydrogens (tertiary/aromatic N) is 5. The zero-order chi connectivity index (χ0) is 24.7. The van der Waals surface area contributed by atoms with Crippen LogP contribution in [0, 0.1) is 13.8 Å². The molecule has 0 radical (unpaired) electrons. The van der Waals surface area contributed by atoms with Gasteiger partial charge >= 0.3 is 0 Å². The molecule has 5 aromatic rings. The summed E-state index contributed by atoms with van der Waals surface area (Å²) in [5.74, 6) is 2.41. The number of furan rings is 1. The van der Waals surface area contributed by atoms with E-state index in [1.165, 1.54) is 0 Å². The third-order valence-electron chi connectivity index (χ3n) is 5.88. The van der Waals surface area contributed by atoms with E-state index in [4.69, 9.17) is 13.9 Å². The van der Waals surface area contributed by atoms with E-state index >= 15 is 0 Å².